The predicted molar refractivity (Wildman–Crippen MR) is 108 cm³/mol. The second kappa shape index (κ2) is 5.98. The second-order valence-electron chi connectivity index (χ2n) is 9.00. The van der Waals surface area contributed by atoms with E-state index in [1.807, 2.05) is 25.1 Å². The first-order valence-corrected chi connectivity index (χ1v) is 9.62. The van der Waals surface area contributed by atoms with Crippen molar-refractivity contribution in [3.63, 3.8) is 0 Å². The standard InChI is InChI=1S/C22H25F2N3O2/c1-13-6-7-14(20(2,3)29)10-15(13)16-8-9-17-18(25-16)26(5)19(28)27(17)12-21(4)11-22(21,23)24/h6-10,29H,11-12H2,1-5H3/t21-/m1/s1. The lowest BCUT2D eigenvalue weighted by molar-refractivity contribution is 0.0637. The number of benzene rings is 1. The van der Waals surface area contributed by atoms with E-state index in [1.165, 1.54) is 16.1 Å². The van der Waals surface area contributed by atoms with Crippen LogP contribution in [0.4, 0.5) is 8.78 Å². The van der Waals surface area contributed by atoms with Crippen LogP contribution in [0.5, 0.6) is 0 Å². The van der Waals surface area contributed by atoms with Crippen molar-refractivity contribution in [2.45, 2.75) is 52.2 Å². The molecular weight excluding hydrogens is 376 g/mol. The molecule has 1 N–H and O–H groups in total. The molecule has 3 aromatic rings. The van der Waals surface area contributed by atoms with Gasteiger partial charge in [-0.3, -0.25) is 9.13 Å². The molecule has 0 radical (unpaired) electrons. The van der Waals surface area contributed by atoms with Gasteiger partial charge in [-0.1, -0.05) is 19.1 Å². The minimum Gasteiger partial charge on any atom is -0.386 e. The van der Waals surface area contributed by atoms with E-state index in [9.17, 15) is 18.7 Å². The molecule has 5 nitrogen and oxygen atoms in total. The Hall–Kier alpha value is -2.54. The summed E-state index contributed by atoms with van der Waals surface area (Å²) < 4.78 is 30.2. The molecule has 1 atom stereocenters. The van der Waals surface area contributed by atoms with Gasteiger partial charge in [0.15, 0.2) is 5.65 Å². The minimum atomic E-state index is -2.74. The number of hydrogen-bond donors (Lipinski definition) is 1. The smallest absolute Gasteiger partial charge is 0.330 e. The zero-order valence-electron chi connectivity index (χ0n) is 17.3. The number of nitrogens with zero attached hydrogens (tertiary/aromatic N) is 3. The van der Waals surface area contributed by atoms with Crippen LogP contribution >= 0.6 is 0 Å². The van der Waals surface area contributed by atoms with Crippen LogP contribution in [0.15, 0.2) is 35.1 Å². The molecule has 4 rings (SSSR count). The number of halogens is 2. The Labute approximate surface area is 167 Å². The van der Waals surface area contributed by atoms with Crippen molar-refractivity contribution in [1.82, 2.24) is 14.1 Å². The first-order valence-electron chi connectivity index (χ1n) is 9.62. The van der Waals surface area contributed by atoms with Crippen LogP contribution in [0, 0.1) is 12.3 Å². The summed E-state index contributed by atoms with van der Waals surface area (Å²) in [5.41, 5.74) is 1.72. The molecular formula is C22H25F2N3O2. The molecule has 1 aliphatic rings. The summed E-state index contributed by atoms with van der Waals surface area (Å²) in [6.45, 7) is 6.86. The van der Waals surface area contributed by atoms with Gasteiger partial charge in [0.1, 0.15) is 0 Å². The minimum absolute atomic E-state index is 0.0373. The highest BCUT2D eigenvalue weighted by Crippen LogP contribution is 2.61. The predicted octanol–water partition coefficient (Wildman–Crippen LogP) is 3.98. The fourth-order valence-corrected chi connectivity index (χ4v) is 3.82. The Kier molecular flexibility index (Phi) is 4.08. The normalized spacial score (nSPS) is 21.0. The number of aromatic nitrogens is 3. The Balaban J connectivity index is 1.83. The Bertz CT molecular complexity index is 1190. The first-order chi connectivity index (χ1) is 13.3. The highest BCUT2D eigenvalue weighted by Gasteiger charge is 2.68. The zero-order chi connectivity index (χ0) is 21.4. The molecule has 1 saturated carbocycles. The van der Waals surface area contributed by atoms with Gasteiger partial charge < -0.3 is 5.11 Å². The molecule has 0 aliphatic heterocycles. The van der Waals surface area contributed by atoms with Crippen LogP contribution in [0.2, 0.25) is 0 Å². The van der Waals surface area contributed by atoms with Gasteiger partial charge in [0.25, 0.3) is 5.92 Å². The largest absolute Gasteiger partial charge is 0.386 e. The van der Waals surface area contributed by atoms with E-state index in [-0.39, 0.29) is 18.7 Å². The lowest BCUT2D eigenvalue weighted by atomic mass is 9.93. The molecule has 1 fully saturated rings. The number of imidazole rings is 1. The van der Waals surface area contributed by atoms with E-state index in [4.69, 9.17) is 0 Å². The summed E-state index contributed by atoms with van der Waals surface area (Å²) in [5, 5.41) is 10.3. The maximum absolute atomic E-state index is 13.7. The van der Waals surface area contributed by atoms with Crippen molar-refractivity contribution in [3.8, 4) is 11.3 Å². The number of aryl methyl sites for hydroxylation is 2. The number of hydrogen-bond acceptors (Lipinski definition) is 3. The highest BCUT2D eigenvalue weighted by atomic mass is 19.3. The quantitative estimate of drug-likeness (QED) is 0.719. The van der Waals surface area contributed by atoms with Gasteiger partial charge >= 0.3 is 5.69 Å². The average Bonchev–Trinajstić information content (AvgIpc) is 3.05. The molecule has 0 bridgehead atoms. The van der Waals surface area contributed by atoms with E-state index in [2.05, 4.69) is 4.98 Å². The van der Waals surface area contributed by atoms with Crippen molar-refractivity contribution in [3.05, 3.63) is 51.9 Å². The van der Waals surface area contributed by atoms with Crippen molar-refractivity contribution >= 4 is 11.2 Å². The van der Waals surface area contributed by atoms with Crippen LogP contribution in [-0.4, -0.2) is 25.1 Å². The van der Waals surface area contributed by atoms with Crippen molar-refractivity contribution < 1.29 is 13.9 Å². The fourth-order valence-electron chi connectivity index (χ4n) is 3.82. The summed E-state index contributed by atoms with van der Waals surface area (Å²) in [5.74, 6) is -2.74. The Morgan fingerprint density at radius 1 is 1.24 bits per heavy atom. The number of aliphatic hydroxyl groups is 1. The molecule has 0 spiro atoms. The van der Waals surface area contributed by atoms with E-state index < -0.39 is 16.9 Å². The van der Waals surface area contributed by atoms with Gasteiger partial charge in [-0.15, -0.1) is 0 Å². The second-order valence-corrected chi connectivity index (χ2v) is 9.00. The summed E-state index contributed by atoms with van der Waals surface area (Å²) in [7, 11) is 1.60. The van der Waals surface area contributed by atoms with Crippen LogP contribution in [0.3, 0.4) is 0 Å². The molecule has 7 heteroatoms. The van der Waals surface area contributed by atoms with Gasteiger partial charge in [-0.25, -0.2) is 18.6 Å². The van der Waals surface area contributed by atoms with E-state index in [0.717, 1.165) is 16.7 Å². The van der Waals surface area contributed by atoms with Gasteiger partial charge in [-0.05, 0) is 50.1 Å². The third-order valence-corrected chi connectivity index (χ3v) is 6.08. The van der Waals surface area contributed by atoms with Crippen molar-refractivity contribution in [2.24, 2.45) is 12.5 Å². The summed E-state index contributed by atoms with van der Waals surface area (Å²) in [4.78, 5) is 17.4. The molecule has 0 saturated heterocycles. The molecule has 1 aliphatic carbocycles. The SMILES string of the molecule is Cc1ccc(C(C)(C)O)cc1-c1ccc2c(n1)n(C)c(=O)n2C[C@@]1(C)CC1(F)F. The third kappa shape index (κ3) is 3.08. The molecule has 2 heterocycles. The van der Waals surface area contributed by atoms with E-state index in [1.54, 1.807) is 33.0 Å². The van der Waals surface area contributed by atoms with Crippen LogP contribution in [0.25, 0.3) is 22.4 Å². The summed E-state index contributed by atoms with van der Waals surface area (Å²) in [6, 6.07) is 9.25. The monoisotopic (exact) mass is 401 g/mol. The van der Waals surface area contributed by atoms with Crippen LogP contribution in [0.1, 0.15) is 38.3 Å². The molecule has 29 heavy (non-hydrogen) atoms. The highest BCUT2D eigenvalue weighted by molar-refractivity contribution is 5.77. The summed E-state index contributed by atoms with van der Waals surface area (Å²) in [6.07, 6.45) is -0.211. The maximum atomic E-state index is 13.7. The molecule has 2 aromatic heterocycles. The van der Waals surface area contributed by atoms with Gasteiger partial charge in [0, 0.05) is 25.6 Å². The van der Waals surface area contributed by atoms with Crippen molar-refractivity contribution in [2.75, 3.05) is 0 Å². The molecule has 1 aromatic carbocycles. The average molecular weight is 401 g/mol. The first kappa shape index (κ1) is 19.8. The van der Waals surface area contributed by atoms with E-state index >= 15 is 0 Å². The third-order valence-electron chi connectivity index (χ3n) is 6.08. The maximum Gasteiger partial charge on any atom is 0.330 e. The number of rotatable bonds is 4. The van der Waals surface area contributed by atoms with Gasteiger partial charge in [0.05, 0.1) is 22.2 Å². The van der Waals surface area contributed by atoms with Crippen molar-refractivity contribution in [1.29, 1.82) is 0 Å². The summed E-state index contributed by atoms with van der Waals surface area (Å²) >= 11 is 0. The van der Waals surface area contributed by atoms with Gasteiger partial charge in [0.2, 0.25) is 0 Å². The lowest BCUT2D eigenvalue weighted by Gasteiger charge is -2.19. The number of alkyl halides is 2. The molecule has 0 amide bonds. The van der Waals surface area contributed by atoms with Crippen LogP contribution < -0.4 is 5.69 Å². The fraction of sp³-hybridized carbons (Fsp3) is 0.455. The van der Waals surface area contributed by atoms with E-state index in [0.29, 0.717) is 16.9 Å². The zero-order valence-corrected chi connectivity index (χ0v) is 17.3. The van der Waals surface area contributed by atoms with Crippen LogP contribution in [-0.2, 0) is 19.2 Å². The molecule has 154 valence electrons. The number of fused-ring (bicyclic) bond motifs is 1. The van der Waals surface area contributed by atoms with Gasteiger partial charge in [-0.2, -0.15) is 0 Å². The lowest BCUT2D eigenvalue weighted by Crippen LogP contribution is -2.27. The Morgan fingerprint density at radius 3 is 2.48 bits per heavy atom. The molecule has 0 unspecified atom stereocenters. The number of pyridine rings is 1. The topological polar surface area (TPSA) is 60.1 Å². The Morgan fingerprint density at radius 2 is 1.90 bits per heavy atom.